The maximum absolute atomic E-state index is 6.34. The highest BCUT2D eigenvalue weighted by atomic mass is 35.5. The van der Waals surface area contributed by atoms with E-state index < -0.39 is 0 Å². The highest BCUT2D eigenvalue weighted by Gasteiger charge is 2.20. The van der Waals surface area contributed by atoms with Crippen molar-refractivity contribution in [3.05, 3.63) is 40.4 Å². The second-order valence-electron chi connectivity index (χ2n) is 6.31. The Labute approximate surface area is 175 Å². The van der Waals surface area contributed by atoms with E-state index in [4.69, 9.17) is 42.1 Å². The number of piperazine rings is 1. The molecule has 0 radical (unpaired) electrons. The maximum Gasteiger partial charge on any atom is 0.203 e. The van der Waals surface area contributed by atoms with E-state index in [-0.39, 0.29) is 0 Å². The van der Waals surface area contributed by atoms with Crippen LogP contribution in [0.2, 0.25) is 10.0 Å². The van der Waals surface area contributed by atoms with E-state index in [0.717, 1.165) is 31.9 Å². The molecule has 0 atom stereocenters. The standard InChI is InChI=1S/C20H24Cl2N2O4/c1-25-17-11-14(12-18(26-2)20(17)27-3)28-13-23-7-9-24(10-8-23)16-6-4-5-15(21)19(16)22/h4-6,11-12H,7-10,13H2,1-3H3. The molecule has 0 saturated carbocycles. The molecule has 0 amide bonds. The van der Waals surface area contributed by atoms with Crippen molar-refractivity contribution in [2.75, 3.05) is 59.1 Å². The summed E-state index contributed by atoms with van der Waals surface area (Å²) in [6, 6.07) is 9.31. The minimum Gasteiger partial charge on any atom is -0.493 e. The van der Waals surface area contributed by atoms with Crippen LogP contribution in [-0.2, 0) is 0 Å². The highest BCUT2D eigenvalue weighted by molar-refractivity contribution is 6.43. The molecule has 2 aromatic rings. The van der Waals surface area contributed by atoms with E-state index in [9.17, 15) is 0 Å². The lowest BCUT2D eigenvalue weighted by Crippen LogP contribution is -2.47. The van der Waals surface area contributed by atoms with Gasteiger partial charge in [0.05, 0.1) is 37.1 Å². The molecule has 6 nitrogen and oxygen atoms in total. The molecule has 1 fully saturated rings. The van der Waals surface area contributed by atoms with Gasteiger partial charge in [-0.2, -0.15) is 0 Å². The molecule has 0 unspecified atom stereocenters. The SMILES string of the molecule is COc1cc(OCN2CCN(c3cccc(Cl)c3Cl)CC2)cc(OC)c1OC. The monoisotopic (exact) mass is 426 g/mol. The van der Waals surface area contributed by atoms with E-state index in [2.05, 4.69) is 9.80 Å². The lowest BCUT2D eigenvalue weighted by atomic mass is 10.2. The van der Waals surface area contributed by atoms with Crippen LogP contribution in [0.1, 0.15) is 0 Å². The van der Waals surface area contributed by atoms with E-state index in [1.807, 2.05) is 12.1 Å². The molecule has 28 heavy (non-hydrogen) atoms. The third-order valence-corrected chi connectivity index (χ3v) is 5.51. The summed E-state index contributed by atoms with van der Waals surface area (Å²) in [5.74, 6) is 2.34. The molecule has 1 aliphatic heterocycles. The molecule has 0 aliphatic carbocycles. The molecule has 1 aliphatic rings. The summed E-state index contributed by atoms with van der Waals surface area (Å²) in [4.78, 5) is 4.47. The van der Waals surface area contributed by atoms with Crippen LogP contribution in [0.25, 0.3) is 0 Å². The fraction of sp³-hybridized carbons (Fsp3) is 0.400. The Morgan fingerprint density at radius 2 is 1.54 bits per heavy atom. The zero-order chi connectivity index (χ0) is 20.1. The highest BCUT2D eigenvalue weighted by Crippen LogP contribution is 2.40. The van der Waals surface area contributed by atoms with Crippen LogP contribution in [-0.4, -0.2) is 59.1 Å². The Morgan fingerprint density at radius 3 is 2.11 bits per heavy atom. The molecule has 2 aromatic carbocycles. The van der Waals surface area contributed by atoms with Gasteiger partial charge in [0.2, 0.25) is 5.75 Å². The summed E-state index contributed by atoms with van der Waals surface area (Å²) in [6.45, 7) is 3.87. The topological polar surface area (TPSA) is 43.4 Å². The third kappa shape index (κ3) is 4.51. The molecule has 0 aromatic heterocycles. The first-order valence-corrected chi connectivity index (χ1v) is 9.67. The van der Waals surface area contributed by atoms with Crippen molar-refractivity contribution in [2.45, 2.75) is 0 Å². The quantitative estimate of drug-likeness (QED) is 0.661. The van der Waals surface area contributed by atoms with Gasteiger partial charge in [0, 0.05) is 38.3 Å². The number of halogens is 2. The van der Waals surface area contributed by atoms with Crippen LogP contribution in [0.4, 0.5) is 5.69 Å². The third-order valence-electron chi connectivity index (χ3n) is 4.70. The van der Waals surface area contributed by atoms with E-state index in [1.54, 1.807) is 39.5 Å². The Kier molecular flexibility index (Phi) is 6.99. The summed E-state index contributed by atoms with van der Waals surface area (Å²) in [6.07, 6.45) is 0. The number of benzene rings is 2. The van der Waals surface area contributed by atoms with Crippen molar-refractivity contribution in [2.24, 2.45) is 0 Å². The van der Waals surface area contributed by atoms with Crippen LogP contribution in [0.15, 0.2) is 30.3 Å². The van der Waals surface area contributed by atoms with Gasteiger partial charge in [-0.1, -0.05) is 29.3 Å². The van der Waals surface area contributed by atoms with Gasteiger partial charge in [-0.3, -0.25) is 4.90 Å². The number of methoxy groups -OCH3 is 3. The Balaban J connectivity index is 1.59. The number of nitrogens with zero attached hydrogens (tertiary/aromatic N) is 2. The minimum absolute atomic E-state index is 0.468. The van der Waals surface area contributed by atoms with Crippen molar-refractivity contribution in [3.63, 3.8) is 0 Å². The summed E-state index contributed by atoms with van der Waals surface area (Å²) in [5.41, 5.74) is 0.972. The van der Waals surface area contributed by atoms with Gasteiger partial charge >= 0.3 is 0 Å². The van der Waals surface area contributed by atoms with Gasteiger partial charge in [0.15, 0.2) is 11.5 Å². The van der Waals surface area contributed by atoms with Gasteiger partial charge < -0.3 is 23.8 Å². The van der Waals surface area contributed by atoms with Crippen LogP contribution in [0, 0.1) is 0 Å². The molecule has 0 N–H and O–H groups in total. The van der Waals surface area contributed by atoms with Crippen LogP contribution >= 0.6 is 23.2 Å². The van der Waals surface area contributed by atoms with Gasteiger partial charge in [0.25, 0.3) is 0 Å². The Morgan fingerprint density at radius 1 is 0.893 bits per heavy atom. The fourth-order valence-electron chi connectivity index (χ4n) is 3.16. The van der Waals surface area contributed by atoms with Crippen LogP contribution < -0.4 is 23.8 Å². The van der Waals surface area contributed by atoms with Gasteiger partial charge in [-0.05, 0) is 12.1 Å². The molecule has 0 spiro atoms. The zero-order valence-corrected chi connectivity index (χ0v) is 17.7. The second-order valence-corrected chi connectivity index (χ2v) is 7.10. The van der Waals surface area contributed by atoms with Crippen molar-refractivity contribution >= 4 is 28.9 Å². The molecule has 0 bridgehead atoms. The first kappa shape index (κ1) is 20.7. The van der Waals surface area contributed by atoms with Gasteiger partial charge in [-0.15, -0.1) is 0 Å². The summed E-state index contributed by atoms with van der Waals surface area (Å²) in [5, 5.41) is 1.18. The van der Waals surface area contributed by atoms with Gasteiger partial charge in [0.1, 0.15) is 12.5 Å². The predicted molar refractivity (Wildman–Crippen MR) is 112 cm³/mol. The molecule has 1 saturated heterocycles. The molecule has 3 rings (SSSR count). The molecular formula is C20H24Cl2N2O4. The first-order valence-electron chi connectivity index (χ1n) is 8.91. The largest absolute Gasteiger partial charge is 0.493 e. The van der Waals surface area contributed by atoms with E-state index >= 15 is 0 Å². The molecule has 8 heteroatoms. The fourth-order valence-corrected chi connectivity index (χ4v) is 3.58. The normalized spacial score (nSPS) is 14.7. The van der Waals surface area contributed by atoms with Crippen molar-refractivity contribution < 1.29 is 18.9 Å². The second kappa shape index (κ2) is 9.45. The average Bonchev–Trinajstić information content (AvgIpc) is 2.73. The van der Waals surface area contributed by atoms with Crippen molar-refractivity contribution in [3.8, 4) is 23.0 Å². The van der Waals surface area contributed by atoms with Crippen molar-refractivity contribution in [1.29, 1.82) is 0 Å². The number of rotatable bonds is 7. The van der Waals surface area contributed by atoms with E-state index in [0.29, 0.717) is 39.8 Å². The number of hydrogen-bond donors (Lipinski definition) is 0. The smallest absolute Gasteiger partial charge is 0.203 e. The predicted octanol–water partition coefficient (Wildman–Crippen LogP) is 4.18. The Bertz CT molecular complexity index is 786. The maximum atomic E-state index is 6.34. The van der Waals surface area contributed by atoms with Crippen LogP contribution in [0.3, 0.4) is 0 Å². The first-order chi connectivity index (χ1) is 13.6. The zero-order valence-electron chi connectivity index (χ0n) is 16.2. The molecule has 152 valence electrons. The summed E-state index contributed by atoms with van der Waals surface area (Å²) < 4.78 is 22.0. The molecular weight excluding hydrogens is 403 g/mol. The van der Waals surface area contributed by atoms with Crippen LogP contribution in [0.5, 0.6) is 23.0 Å². The summed E-state index contributed by atoms with van der Waals surface area (Å²) in [7, 11) is 4.75. The Hall–Kier alpha value is -2.02. The van der Waals surface area contributed by atoms with Crippen molar-refractivity contribution in [1.82, 2.24) is 4.90 Å². The minimum atomic E-state index is 0.468. The number of anilines is 1. The lowest BCUT2D eigenvalue weighted by molar-refractivity contribution is 0.119. The lowest BCUT2D eigenvalue weighted by Gasteiger charge is -2.36. The van der Waals surface area contributed by atoms with Gasteiger partial charge in [-0.25, -0.2) is 0 Å². The number of hydrogen-bond acceptors (Lipinski definition) is 6. The van der Waals surface area contributed by atoms with E-state index in [1.165, 1.54) is 0 Å². The molecule has 1 heterocycles. The average molecular weight is 427 g/mol. The number of ether oxygens (including phenoxy) is 4. The summed E-state index contributed by atoms with van der Waals surface area (Å²) >= 11 is 12.5.